The number of aromatic nitrogens is 1. The van der Waals surface area contributed by atoms with Crippen molar-refractivity contribution >= 4 is 34.3 Å². The average Bonchev–Trinajstić information content (AvgIpc) is 2.95. The Morgan fingerprint density at radius 1 is 1.46 bits per heavy atom. The summed E-state index contributed by atoms with van der Waals surface area (Å²) in [6.45, 7) is 0. The van der Waals surface area contributed by atoms with Gasteiger partial charge in [0.25, 0.3) is 5.91 Å². The van der Waals surface area contributed by atoms with Crippen LogP contribution in [0.5, 0.6) is 10.8 Å². The predicted molar refractivity (Wildman–Crippen MR) is 94.2 cm³/mol. The number of hydrogen-bond donors (Lipinski definition) is 2. The molecular weight excluding hydrogens is 344 g/mol. The highest BCUT2D eigenvalue weighted by Gasteiger charge is 2.30. The lowest BCUT2D eigenvalue weighted by atomic mass is 9.89. The number of carbonyl (C=O) groups excluding carboxylic acids is 1. The van der Waals surface area contributed by atoms with Crippen LogP contribution in [0, 0.1) is 11.3 Å². The van der Waals surface area contributed by atoms with Crippen molar-refractivity contribution in [3.05, 3.63) is 51.8 Å². The maximum Gasteiger partial charge on any atom is 0.259 e. The van der Waals surface area contributed by atoms with E-state index in [1.807, 2.05) is 6.07 Å². The number of allylic oxidation sites excluding steroid dienone is 1. The van der Waals surface area contributed by atoms with Crippen LogP contribution in [-0.2, 0) is 6.42 Å². The highest BCUT2D eigenvalue weighted by molar-refractivity contribution is 7.81. The van der Waals surface area contributed by atoms with Crippen molar-refractivity contribution in [1.29, 1.82) is 5.26 Å². The molecule has 0 radical (unpaired) electrons. The minimum absolute atomic E-state index is 0.289. The molecule has 1 amide bonds. The van der Waals surface area contributed by atoms with Crippen LogP contribution in [0.1, 0.15) is 32.9 Å². The van der Waals surface area contributed by atoms with Crippen molar-refractivity contribution in [2.45, 2.75) is 12.8 Å². The maximum atomic E-state index is 11.7. The molecule has 2 aromatic heterocycles. The van der Waals surface area contributed by atoms with Gasteiger partial charge in [-0.1, -0.05) is 23.6 Å². The van der Waals surface area contributed by atoms with Crippen LogP contribution in [-0.4, -0.2) is 15.8 Å². The van der Waals surface area contributed by atoms with Crippen molar-refractivity contribution in [2.75, 3.05) is 0 Å². The number of pyridine rings is 1. The molecule has 24 heavy (non-hydrogen) atoms. The summed E-state index contributed by atoms with van der Waals surface area (Å²) in [4.78, 5) is 16.7. The Morgan fingerprint density at radius 3 is 2.83 bits per heavy atom. The summed E-state index contributed by atoms with van der Waals surface area (Å²) < 4.78 is 5.85. The van der Waals surface area contributed by atoms with Gasteiger partial charge in [0.15, 0.2) is 5.06 Å². The fourth-order valence-corrected chi connectivity index (χ4v) is 4.02. The minimum atomic E-state index is -0.507. The van der Waals surface area contributed by atoms with Crippen LogP contribution in [0.25, 0.3) is 0 Å². The standard InChI is InChI=1S/C16H12N4O2S2/c17-5-8-1-4-11-12(13(8)23)16(24-14(11)15(19)21)22-10-3-2-9(6-18)20-7-10/h2-3,5,7H,1,4,17H2,(H2,19,21). The van der Waals surface area contributed by atoms with E-state index in [0.717, 1.165) is 22.5 Å². The number of rotatable bonds is 3. The smallest absolute Gasteiger partial charge is 0.259 e. The lowest BCUT2D eigenvalue weighted by Gasteiger charge is -2.18. The number of thiocarbonyl (C=S) groups is 1. The maximum absolute atomic E-state index is 11.7. The zero-order valence-corrected chi connectivity index (χ0v) is 14.0. The average molecular weight is 356 g/mol. The van der Waals surface area contributed by atoms with Crippen LogP contribution >= 0.6 is 23.6 Å². The first-order valence-corrected chi connectivity index (χ1v) is 8.22. The first-order chi connectivity index (χ1) is 11.5. The fraction of sp³-hybridized carbons (Fsp3) is 0.125. The number of primary amides is 1. The van der Waals surface area contributed by atoms with E-state index in [1.54, 1.807) is 12.1 Å². The molecule has 120 valence electrons. The molecule has 0 aromatic carbocycles. The lowest BCUT2D eigenvalue weighted by molar-refractivity contribution is 0.100. The Labute approximate surface area is 147 Å². The summed E-state index contributed by atoms with van der Waals surface area (Å²) in [6, 6.07) is 5.12. The quantitative estimate of drug-likeness (QED) is 0.644. The number of ether oxygens (including phenoxy) is 1. The van der Waals surface area contributed by atoms with Gasteiger partial charge in [-0.25, -0.2) is 4.98 Å². The van der Waals surface area contributed by atoms with Gasteiger partial charge in [0, 0.05) is 0 Å². The summed E-state index contributed by atoms with van der Waals surface area (Å²) >= 11 is 6.65. The summed E-state index contributed by atoms with van der Waals surface area (Å²) in [7, 11) is 0. The molecule has 3 rings (SSSR count). The summed E-state index contributed by atoms with van der Waals surface area (Å²) in [5.74, 6) is -0.0623. The summed E-state index contributed by atoms with van der Waals surface area (Å²) in [5, 5.41) is 9.27. The molecule has 0 saturated heterocycles. The van der Waals surface area contributed by atoms with Crippen molar-refractivity contribution in [2.24, 2.45) is 11.5 Å². The highest BCUT2D eigenvalue weighted by atomic mass is 32.1. The number of nitriles is 1. The van der Waals surface area contributed by atoms with E-state index in [9.17, 15) is 4.79 Å². The van der Waals surface area contributed by atoms with Gasteiger partial charge in [0.2, 0.25) is 0 Å². The SMILES string of the molecule is N#Cc1ccc(Oc2sc(C(N)=O)c3c2C(=S)C(=CN)CC3)cn1. The summed E-state index contributed by atoms with van der Waals surface area (Å²) in [6.07, 6.45) is 4.22. The molecule has 0 bridgehead atoms. The Hall–Kier alpha value is -2.76. The molecule has 8 heteroatoms. The second kappa shape index (κ2) is 6.39. The lowest BCUT2D eigenvalue weighted by Crippen LogP contribution is -2.17. The first kappa shape index (κ1) is 16.1. The van der Waals surface area contributed by atoms with Crippen LogP contribution < -0.4 is 16.2 Å². The van der Waals surface area contributed by atoms with Crippen LogP contribution in [0.2, 0.25) is 0 Å². The summed E-state index contributed by atoms with van der Waals surface area (Å²) in [5.41, 5.74) is 13.7. The number of amides is 1. The molecule has 1 aliphatic carbocycles. The number of carbonyl (C=O) groups is 1. The molecule has 0 fully saturated rings. The second-order valence-corrected chi connectivity index (χ2v) is 6.44. The molecule has 0 spiro atoms. The van der Waals surface area contributed by atoms with Gasteiger partial charge in [-0.05, 0) is 42.3 Å². The molecule has 4 N–H and O–H groups in total. The second-order valence-electron chi connectivity index (χ2n) is 5.05. The van der Waals surface area contributed by atoms with Gasteiger partial charge < -0.3 is 16.2 Å². The van der Waals surface area contributed by atoms with Gasteiger partial charge in [-0.15, -0.1) is 0 Å². The fourth-order valence-electron chi connectivity index (χ4n) is 2.49. The number of thiophene rings is 1. The highest BCUT2D eigenvalue weighted by Crippen LogP contribution is 2.43. The number of hydrogen-bond acceptors (Lipinski definition) is 7. The largest absolute Gasteiger partial charge is 0.444 e. The molecule has 0 unspecified atom stereocenters. The molecule has 1 aliphatic rings. The molecule has 2 aromatic rings. The molecule has 2 heterocycles. The molecule has 0 aliphatic heterocycles. The van der Waals surface area contributed by atoms with Gasteiger partial charge in [-0.3, -0.25) is 4.79 Å². The Kier molecular flexibility index (Phi) is 4.29. The van der Waals surface area contributed by atoms with Gasteiger partial charge in [-0.2, -0.15) is 5.26 Å². The number of fused-ring (bicyclic) bond motifs is 1. The Morgan fingerprint density at radius 2 is 2.25 bits per heavy atom. The third-order valence-corrected chi connectivity index (χ3v) is 5.22. The zero-order valence-electron chi connectivity index (χ0n) is 12.4. The third kappa shape index (κ3) is 2.75. The zero-order chi connectivity index (χ0) is 17.3. The topological polar surface area (TPSA) is 115 Å². The normalized spacial score (nSPS) is 15.0. The molecule has 0 saturated carbocycles. The van der Waals surface area contributed by atoms with Gasteiger partial charge >= 0.3 is 0 Å². The van der Waals surface area contributed by atoms with Crippen LogP contribution in [0.4, 0.5) is 0 Å². The molecule has 0 atom stereocenters. The monoisotopic (exact) mass is 356 g/mol. The van der Waals surface area contributed by atoms with Gasteiger partial charge in [0.1, 0.15) is 17.5 Å². The predicted octanol–water partition coefficient (Wildman–Crippen LogP) is 2.41. The van der Waals surface area contributed by atoms with E-state index in [4.69, 9.17) is 33.7 Å². The first-order valence-electron chi connectivity index (χ1n) is 7.00. The van der Waals surface area contributed by atoms with Crippen molar-refractivity contribution in [3.63, 3.8) is 0 Å². The van der Waals surface area contributed by atoms with Crippen molar-refractivity contribution < 1.29 is 9.53 Å². The number of nitrogens with two attached hydrogens (primary N) is 2. The van der Waals surface area contributed by atoms with Crippen LogP contribution in [0.15, 0.2) is 30.1 Å². The van der Waals surface area contributed by atoms with Crippen molar-refractivity contribution in [1.82, 2.24) is 4.98 Å². The van der Waals surface area contributed by atoms with Crippen molar-refractivity contribution in [3.8, 4) is 16.9 Å². The number of nitrogens with zero attached hydrogens (tertiary/aromatic N) is 2. The van der Waals surface area contributed by atoms with E-state index in [-0.39, 0.29) is 5.69 Å². The Balaban J connectivity index is 2.06. The molecular formula is C16H12N4O2S2. The van der Waals surface area contributed by atoms with E-state index >= 15 is 0 Å². The minimum Gasteiger partial charge on any atom is -0.444 e. The van der Waals surface area contributed by atoms with Gasteiger partial charge in [0.05, 0.1) is 21.5 Å². The molecule has 6 nitrogen and oxygen atoms in total. The van der Waals surface area contributed by atoms with E-state index in [1.165, 1.54) is 12.4 Å². The van der Waals surface area contributed by atoms with E-state index in [0.29, 0.717) is 39.0 Å². The Bertz CT molecular complexity index is 907. The third-order valence-electron chi connectivity index (χ3n) is 3.62. The van der Waals surface area contributed by atoms with Crippen LogP contribution in [0.3, 0.4) is 0 Å². The van der Waals surface area contributed by atoms with E-state index in [2.05, 4.69) is 4.98 Å². The van der Waals surface area contributed by atoms with E-state index < -0.39 is 5.91 Å².